The van der Waals surface area contributed by atoms with Crippen LogP contribution in [0.25, 0.3) is 0 Å². The SMILES string of the molecule is CCN(c1ccccc1)S(=O)(=O)c1ccc(Cl)c(C(=O)Nc2ccc(S(=O)(=O)N(C)C)cc2)c1. The molecule has 0 atom stereocenters. The van der Waals surface area contributed by atoms with E-state index in [2.05, 4.69) is 5.32 Å². The third-order valence-corrected chi connectivity index (χ3v) is 9.05. The maximum absolute atomic E-state index is 13.3. The topological polar surface area (TPSA) is 104 Å². The van der Waals surface area contributed by atoms with Crippen molar-refractivity contribution in [2.75, 3.05) is 30.3 Å². The quantitative estimate of drug-likeness (QED) is 0.481. The van der Waals surface area contributed by atoms with Crippen molar-refractivity contribution in [3.63, 3.8) is 0 Å². The summed E-state index contributed by atoms with van der Waals surface area (Å²) in [5.41, 5.74) is 0.794. The molecule has 0 saturated heterocycles. The maximum Gasteiger partial charge on any atom is 0.264 e. The summed E-state index contributed by atoms with van der Waals surface area (Å²) in [6.07, 6.45) is 0. The van der Waals surface area contributed by atoms with Crippen LogP contribution >= 0.6 is 11.6 Å². The molecule has 0 aliphatic rings. The van der Waals surface area contributed by atoms with Crippen LogP contribution in [0, 0.1) is 0 Å². The zero-order valence-electron chi connectivity index (χ0n) is 18.8. The van der Waals surface area contributed by atoms with Crippen LogP contribution in [0.5, 0.6) is 0 Å². The smallest absolute Gasteiger partial charge is 0.264 e. The van der Waals surface area contributed by atoms with Crippen LogP contribution in [0.4, 0.5) is 11.4 Å². The van der Waals surface area contributed by atoms with Gasteiger partial charge in [-0.15, -0.1) is 0 Å². The van der Waals surface area contributed by atoms with Gasteiger partial charge in [0.2, 0.25) is 10.0 Å². The van der Waals surface area contributed by atoms with Crippen LogP contribution in [0.3, 0.4) is 0 Å². The average Bonchev–Trinajstić information content (AvgIpc) is 2.80. The molecule has 34 heavy (non-hydrogen) atoms. The van der Waals surface area contributed by atoms with Gasteiger partial charge in [0.15, 0.2) is 0 Å². The first-order chi connectivity index (χ1) is 16.0. The summed E-state index contributed by atoms with van der Waals surface area (Å²) in [5.74, 6) is -0.631. The summed E-state index contributed by atoms with van der Waals surface area (Å²) in [6, 6.07) is 18.2. The van der Waals surface area contributed by atoms with Crippen LogP contribution in [-0.2, 0) is 20.0 Å². The van der Waals surface area contributed by atoms with Gasteiger partial charge in [-0.3, -0.25) is 9.10 Å². The number of benzene rings is 3. The molecule has 0 radical (unpaired) electrons. The summed E-state index contributed by atoms with van der Waals surface area (Å²) in [5, 5.41) is 2.70. The molecule has 180 valence electrons. The number of carbonyl (C=O) groups excluding carboxylic acids is 1. The Bertz CT molecular complexity index is 1390. The van der Waals surface area contributed by atoms with E-state index in [-0.39, 0.29) is 26.9 Å². The van der Waals surface area contributed by atoms with Gasteiger partial charge in [0.05, 0.1) is 26.1 Å². The molecule has 0 heterocycles. The second kappa shape index (κ2) is 10.1. The van der Waals surface area contributed by atoms with Gasteiger partial charge < -0.3 is 5.32 Å². The van der Waals surface area contributed by atoms with E-state index in [1.165, 1.54) is 60.9 Å². The predicted octanol–water partition coefficient (Wildman–Crippen LogP) is 4.06. The molecule has 3 rings (SSSR count). The molecular formula is C23H24ClN3O5S2. The molecule has 0 aromatic heterocycles. The molecule has 0 bridgehead atoms. The van der Waals surface area contributed by atoms with Crippen LogP contribution in [0.1, 0.15) is 17.3 Å². The van der Waals surface area contributed by atoms with E-state index in [9.17, 15) is 21.6 Å². The zero-order valence-corrected chi connectivity index (χ0v) is 21.2. The van der Waals surface area contributed by atoms with Crippen molar-refractivity contribution in [1.29, 1.82) is 0 Å². The highest BCUT2D eigenvalue weighted by atomic mass is 35.5. The van der Waals surface area contributed by atoms with Crippen molar-refractivity contribution in [2.24, 2.45) is 0 Å². The summed E-state index contributed by atoms with van der Waals surface area (Å²) in [7, 11) is -4.72. The number of anilines is 2. The van der Waals surface area contributed by atoms with Crippen molar-refractivity contribution in [1.82, 2.24) is 4.31 Å². The minimum Gasteiger partial charge on any atom is -0.322 e. The van der Waals surface area contributed by atoms with E-state index in [1.807, 2.05) is 0 Å². The molecule has 0 saturated carbocycles. The van der Waals surface area contributed by atoms with Crippen LogP contribution in [0.15, 0.2) is 82.6 Å². The predicted molar refractivity (Wildman–Crippen MR) is 133 cm³/mol. The fourth-order valence-electron chi connectivity index (χ4n) is 3.17. The third-order valence-electron chi connectivity index (χ3n) is 4.99. The summed E-state index contributed by atoms with van der Waals surface area (Å²) in [4.78, 5) is 12.9. The number of para-hydroxylation sites is 1. The number of carbonyl (C=O) groups is 1. The number of amides is 1. The Balaban J connectivity index is 1.89. The van der Waals surface area contributed by atoms with Gasteiger partial charge >= 0.3 is 0 Å². The Morgan fingerprint density at radius 1 is 0.853 bits per heavy atom. The van der Waals surface area contributed by atoms with Crippen LogP contribution in [0.2, 0.25) is 5.02 Å². The lowest BCUT2D eigenvalue weighted by atomic mass is 10.2. The van der Waals surface area contributed by atoms with E-state index in [0.717, 1.165) is 4.31 Å². The largest absolute Gasteiger partial charge is 0.322 e. The molecule has 1 amide bonds. The molecular weight excluding hydrogens is 498 g/mol. The number of hydrogen-bond acceptors (Lipinski definition) is 5. The highest BCUT2D eigenvalue weighted by Gasteiger charge is 2.25. The van der Waals surface area contributed by atoms with Gasteiger partial charge in [-0.2, -0.15) is 0 Å². The van der Waals surface area contributed by atoms with Gasteiger partial charge in [0.1, 0.15) is 0 Å². The van der Waals surface area contributed by atoms with E-state index >= 15 is 0 Å². The standard InChI is InChI=1S/C23H24ClN3O5S2/c1-4-27(18-8-6-5-7-9-18)34(31,32)20-14-15-22(24)21(16-20)23(28)25-17-10-12-19(13-11-17)33(29,30)26(2)3/h5-16H,4H2,1-3H3,(H,25,28). The minimum atomic E-state index is -3.96. The molecule has 3 aromatic carbocycles. The summed E-state index contributed by atoms with van der Waals surface area (Å²) in [6.45, 7) is 1.91. The molecule has 0 spiro atoms. The fourth-order valence-corrected chi connectivity index (χ4v) is 5.78. The summed E-state index contributed by atoms with van der Waals surface area (Å²) >= 11 is 6.20. The number of nitrogens with one attached hydrogen (secondary N) is 1. The van der Waals surface area contributed by atoms with Gasteiger partial charge in [-0.1, -0.05) is 29.8 Å². The molecule has 0 aliphatic heterocycles. The highest BCUT2D eigenvalue weighted by Crippen LogP contribution is 2.27. The Morgan fingerprint density at radius 3 is 2.00 bits per heavy atom. The first kappa shape index (κ1) is 25.7. The lowest BCUT2D eigenvalue weighted by Gasteiger charge is -2.23. The van der Waals surface area contributed by atoms with Gasteiger partial charge in [-0.05, 0) is 61.5 Å². The van der Waals surface area contributed by atoms with Crippen LogP contribution < -0.4 is 9.62 Å². The number of halogens is 1. The Kier molecular flexibility index (Phi) is 7.67. The molecule has 0 unspecified atom stereocenters. The second-order valence-corrected chi connectivity index (χ2v) is 11.8. The fraction of sp³-hybridized carbons (Fsp3) is 0.174. The summed E-state index contributed by atoms with van der Waals surface area (Å²) < 4.78 is 53.3. The minimum absolute atomic E-state index is 0.0307. The number of rotatable bonds is 8. The normalized spacial score (nSPS) is 11.9. The number of sulfonamides is 2. The van der Waals surface area contributed by atoms with E-state index in [4.69, 9.17) is 11.6 Å². The molecule has 0 fully saturated rings. The van der Waals surface area contributed by atoms with Crippen molar-refractivity contribution in [2.45, 2.75) is 16.7 Å². The van der Waals surface area contributed by atoms with Crippen molar-refractivity contribution in [3.05, 3.63) is 83.4 Å². The van der Waals surface area contributed by atoms with Crippen LogP contribution in [-0.4, -0.2) is 47.7 Å². The second-order valence-electron chi connectivity index (χ2n) is 7.41. The third kappa shape index (κ3) is 5.25. The molecule has 0 aliphatic carbocycles. The van der Waals surface area contributed by atoms with Crippen molar-refractivity contribution < 1.29 is 21.6 Å². The Labute approximate surface area is 204 Å². The Hall–Kier alpha value is -2.92. The van der Waals surface area contributed by atoms with Crippen molar-refractivity contribution in [3.8, 4) is 0 Å². The average molecular weight is 522 g/mol. The van der Waals surface area contributed by atoms with Crippen molar-refractivity contribution >= 4 is 48.9 Å². The first-order valence-corrected chi connectivity index (χ1v) is 13.5. The zero-order chi connectivity index (χ0) is 25.1. The molecule has 11 heteroatoms. The molecule has 3 aromatic rings. The van der Waals surface area contributed by atoms with Gasteiger partial charge in [0.25, 0.3) is 15.9 Å². The monoisotopic (exact) mass is 521 g/mol. The molecule has 8 nitrogen and oxygen atoms in total. The Morgan fingerprint density at radius 2 is 1.44 bits per heavy atom. The number of nitrogens with zero attached hydrogens (tertiary/aromatic N) is 2. The van der Waals surface area contributed by atoms with Gasteiger partial charge in [-0.25, -0.2) is 21.1 Å². The molecule has 1 N–H and O–H groups in total. The number of hydrogen-bond donors (Lipinski definition) is 1. The lowest BCUT2D eigenvalue weighted by molar-refractivity contribution is 0.102. The lowest BCUT2D eigenvalue weighted by Crippen LogP contribution is -2.31. The van der Waals surface area contributed by atoms with E-state index in [0.29, 0.717) is 11.4 Å². The van der Waals surface area contributed by atoms with Gasteiger partial charge in [0, 0.05) is 26.3 Å². The van der Waals surface area contributed by atoms with E-state index < -0.39 is 26.0 Å². The van der Waals surface area contributed by atoms with E-state index in [1.54, 1.807) is 37.3 Å². The maximum atomic E-state index is 13.3. The first-order valence-electron chi connectivity index (χ1n) is 10.2. The highest BCUT2D eigenvalue weighted by molar-refractivity contribution is 7.92.